The van der Waals surface area contributed by atoms with Gasteiger partial charge in [0.1, 0.15) is 0 Å². The van der Waals surface area contributed by atoms with E-state index in [9.17, 15) is 4.79 Å². The minimum Gasteiger partial charge on any atom is -0.330 e. The smallest absolute Gasteiger partial charge is 0.275 e. The number of nitrogens with one attached hydrogen (secondary N) is 1. The van der Waals surface area contributed by atoms with Gasteiger partial charge in [-0.05, 0) is 69.7 Å². The van der Waals surface area contributed by atoms with Crippen molar-refractivity contribution in [3.8, 4) is 0 Å². The lowest BCUT2D eigenvalue weighted by Crippen LogP contribution is -2.60. The van der Waals surface area contributed by atoms with Crippen molar-refractivity contribution < 1.29 is 4.79 Å². The lowest BCUT2D eigenvalue weighted by Gasteiger charge is -2.54. The van der Waals surface area contributed by atoms with Gasteiger partial charge in [-0.15, -0.1) is 0 Å². The van der Waals surface area contributed by atoms with E-state index in [1.54, 1.807) is 5.57 Å². The number of hydrogen-bond donors (Lipinski definition) is 1. The Morgan fingerprint density at radius 1 is 1.11 bits per heavy atom. The van der Waals surface area contributed by atoms with E-state index in [-0.39, 0.29) is 5.91 Å². The van der Waals surface area contributed by atoms with Gasteiger partial charge in [0.2, 0.25) is 0 Å². The second-order valence-electron chi connectivity index (χ2n) is 9.39. The first-order valence-corrected chi connectivity index (χ1v) is 11.1. The topological polar surface area (TPSA) is 52.2 Å². The maximum atomic E-state index is 13.5. The van der Waals surface area contributed by atoms with Crippen LogP contribution in [0.3, 0.4) is 0 Å². The molecule has 0 aromatic carbocycles. The zero-order valence-electron chi connectivity index (χ0n) is 16.1. The molecular formula is C22H30N4O. The second kappa shape index (κ2) is 6.20. The Labute approximate surface area is 161 Å². The number of H-pyrrole nitrogens is 1. The van der Waals surface area contributed by atoms with E-state index in [0.717, 1.165) is 49.9 Å². The molecule has 0 saturated carbocycles. The summed E-state index contributed by atoms with van der Waals surface area (Å²) >= 11 is 0. The number of aromatic nitrogens is 2. The lowest BCUT2D eigenvalue weighted by molar-refractivity contribution is 0.00128. The summed E-state index contributed by atoms with van der Waals surface area (Å²) in [4.78, 5) is 18.5. The quantitative estimate of drug-likeness (QED) is 0.778. The van der Waals surface area contributed by atoms with Crippen molar-refractivity contribution in [2.24, 2.45) is 11.8 Å². The molecule has 2 aliphatic carbocycles. The number of fused-ring (bicyclic) bond motifs is 7. The number of piperidine rings is 3. The van der Waals surface area contributed by atoms with Crippen molar-refractivity contribution in [3.63, 3.8) is 0 Å². The highest BCUT2D eigenvalue weighted by Gasteiger charge is 2.47. The number of hydrogen-bond acceptors (Lipinski definition) is 3. The Kier molecular flexibility index (Phi) is 3.75. The molecule has 1 aromatic rings. The first-order valence-electron chi connectivity index (χ1n) is 11.1. The van der Waals surface area contributed by atoms with Gasteiger partial charge in [0.25, 0.3) is 5.91 Å². The predicted octanol–water partition coefficient (Wildman–Crippen LogP) is 2.93. The van der Waals surface area contributed by atoms with Gasteiger partial charge in [0.05, 0.1) is 6.04 Å². The molecule has 4 atom stereocenters. The van der Waals surface area contributed by atoms with Crippen LogP contribution in [-0.2, 0) is 12.8 Å². The SMILES string of the molecule is O=C(c1n[nH]c2c1CCC2)N1CCCC2=C[C@H]3C[C@H](CN4CCCC[C@@H]34)[C@H]21. The normalized spacial score (nSPS) is 35.3. The number of nitrogens with zero attached hydrogens (tertiary/aromatic N) is 3. The molecule has 1 N–H and O–H groups in total. The molecule has 0 unspecified atom stereocenters. The van der Waals surface area contributed by atoms with Crippen molar-refractivity contribution in [2.45, 2.75) is 69.9 Å². The molecule has 3 aliphatic heterocycles. The highest BCUT2D eigenvalue weighted by molar-refractivity contribution is 5.94. The molecule has 3 fully saturated rings. The lowest BCUT2D eigenvalue weighted by atomic mass is 9.68. The van der Waals surface area contributed by atoms with E-state index in [2.05, 4.69) is 26.1 Å². The number of aryl methyl sites for hydroxylation is 1. The molecule has 5 heteroatoms. The first-order chi connectivity index (χ1) is 13.3. The van der Waals surface area contributed by atoms with Gasteiger partial charge < -0.3 is 4.90 Å². The van der Waals surface area contributed by atoms with E-state index in [0.29, 0.717) is 12.0 Å². The Morgan fingerprint density at radius 2 is 2.07 bits per heavy atom. The van der Waals surface area contributed by atoms with Crippen LogP contribution in [0, 0.1) is 11.8 Å². The summed E-state index contributed by atoms with van der Waals surface area (Å²) in [6.45, 7) is 3.34. The van der Waals surface area contributed by atoms with Gasteiger partial charge in [-0.25, -0.2) is 0 Å². The van der Waals surface area contributed by atoms with Crippen molar-refractivity contribution in [2.75, 3.05) is 19.6 Å². The van der Waals surface area contributed by atoms with Crippen molar-refractivity contribution in [1.29, 1.82) is 0 Å². The van der Waals surface area contributed by atoms with Gasteiger partial charge in [-0.2, -0.15) is 5.10 Å². The summed E-state index contributed by atoms with van der Waals surface area (Å²) in [5, 5.41) is 7.59. The van der Waals surface area contributed by atoms with Crippen molar-refractivity contribution >= 4 is 5.91 Å². The standard InChI is InChI=1S/C22H30N4O/c27-22(20-17-6-3-7-18(17)23-24-20)26-10-4-5-14-11-15-12-16(21(14)26)13-25-9-2-1-8-19(15)25/h11,15-16,19,21H,1-10,12-13H2,(H,23,24)/t15-,16+,19-,21-/m0/s1. The number of rotatable bonds is 1. The van der Waals surface area contributed by atoms with Gasteiger partial charge in [-0.3, -0.25) is 14.8 Å². The number of carbonyl (C=O) groups excluding carboxylic acids is 1. The first kappa shape index (κ1) is 16.3. The van der Waals surface area contributed by atoms with Crippen molar-refractivity contribution in [1.82, 2.24) is 20.0 Å². The van der Waals surface area contributed by atoms with Crippen LogP contribution in [0.15, 0.2) is 11.6 Å². The number of aromatic amines is 1. The summed E-state index contributed by atoms with van der Waals surface area (Å²) in [5.74, 6) is 1.52. The highest BCUT2D eigenvalue weighted by Crippen LogP contribution is 2.45. The highest BCUT2D eigenvalue weighted by atomic mass is 16.2. The average molecular weight is 367 g/mol. The fourth-order valence-electron chi connectivity index (χ4n) is 6.83. The van der Waals surface area contributed by atoms with Crippen molar-refractivity contribution in [3.05, 3.63) is 28.6 Å². The van der Waals surface area contributed by atoms with E-state index in [1.807, 2.05) is 0 Å². The van der Waals surface area contributed by atoms with Crippen LogP contribution in [-0.4, -0.2) is 57.6 Å². The molecular weight excluding hydrogens is 336 g/mol. The summed E-state index contributed by atoms with van der Waals surface area (Å²) in [5.41, 5.74) is 4.68. The van der Waals surface area contributed by atoms with Crippen LogP contribution in [0.4, 0.5) is 0 Å². The van der Waals surface area contributed by atoms with Crippen LogP contribution >= 0.6 is 0 Å². The van der Waals surface area contributed by atoms with Crippen LogP contribution in [0.2, 0.25) is 0 Å². The largest absolute Gasteiger partial charge is 0.330 e. The van der Waals surface area contributed by atoms with E-state index in [4.69, 9.17) is 0 Å². The zero-order valence-corrected chi connectivity index (χ0v) is 16.1. The molecule has 27 heavy (non-hydrogen) atoms. The minimum absolute atomic E-state index is 0.184. The van der Waals surface area contributed by atoms with Crippen LogP contribution < -0.4 is 0 Å². The van der Waals surface area contributed by atoms with Gasteiger partial charge in [0.15, 0.2) is 5.69 Å². The molecule has 2 bridgehead atoms. The molecule has 0 radical (unpaired) electrons. The Hall–Kier alpha value is -1.62. The summed E-state index contributed by atoms with van der Waals surface area (Å²) in [6.07, 6.45) is 13.5. The maximum absolute atomic E-state index is 13.5. The molecule has 4 heterocycles. The maximum Gasteiger partial charge on any atom is 0.275 e. The Bertz CT molecular complexity index is 796. The molecule has 1 aromatic heterocycles. The second-order valence-corrected chi connectivity index (χ2v) is 9.39. The zero-order chi connectivity index (χ0) is 18.0. The van der Waals surface area contributed by atoms with E-state index in [1.165, 1.54) is 56.5 Å². The van der Waals surface area contributed by atoms with Crippen LogP contribution in [0.25, 0.3) is 0 Å². The number of likely N-dealkylation sites (tertiary alicyclic amines) is 1. The summed E-state index contributed by atoms with van der Waals surface area (Å²) in [7, 11) is 0. The number of carbonyl (C=O) groups is 1. The Balaban J connectivity index is 1.33. The molecule has 3 saturated heterocycles. The molecule has 5 nitrogen and oxygen atoms in total. The van der Waals surface area contributed by atoms with Gasteiger partial charge in [-0.1, -0.05) is 18.1 Å². The van der Waals surface area contributed by atoms with Gasteiger partial charge >= 0.3 is 0 Å². The fourth-order valence-corrected chi connectivity index (χ4v) is 6.83. The van der Waals surface area contributed by atoms with Crippen LogP contribution in [0.5, 0.6) is 0 Å². The summed E-state index contributed by atoms with van der Waals surface area (Å²) < 4.78 is 0. The molecule has 0 spiro atoms. The van der Waals surface area contributed by atoms with E-state index < -0.39 is 0 Å². The fraction of sp³-hybridized carbons (Fsp3) is 0.727. The molecule has 6 rings (SSSR count). The third-order valence-electron chi connectivity index (χ3n) is 7.93. The minimum atomic E-state index is 0.184. The monoisotopic (exact) mass is 366 g/mol. The van der Waals surface area contributed by atoms with Gasteiger partial charge in [0, 0.05) is 30.4 Å². The Morgan fingerprint density at radius 3 is 3.04 bits per heavy atom. The summed E-state index contributed by atoms with van der Waals surface area (Å²) in [6, 6.07) is 1.09. The number of amides is 1. The van der Waals surface area contributed by atoms with Crippen LogP contribution in [0.1, 0.15) is 66.7 Å². The molecule has 5 aliphatic rings. The molecule has 144 valence electrons. The third-order valence-corrected chi connectivity index (χ3v) is 7.93. The third kappa shape index (κ3) is 2.47. The van der Waals surface area contributed by atoms with E-state index >= 15 is 0 Å². The molecule has 1 amide bonds. The predicted molar refractivity (Wildman–Crippen MR) is 104 cm³/mol. The average Bonchev–Trinajstić information content (AvgIpc) is 3.31.